The second-order valence-corrected chi connectivity index (χ2v) is 5.16. The fourth-order valence-electron chi connectivity index (χ4n) is 1.70. The fraction of sp³-hybridized carbons (Fsp3) is 0. The molecule has 2 aromatic rings. The number of aromatic carboxylic acids is 1. The van der Waals surface area contributed by atoms with Gasteiger partial charge in [-0.2, -0.15) is 0 Å². The first kappa shape index (κ1) is 16.1. The summed E-state index contributed by atoms with van der Waals surface area (Å²) in [7, 11) is 0. The van der Waals surface area contributed by atoms with Crippen LogP contribution in [0.15, 0.2) is 48.5 Å². The van der Waals surface area contributed by atoms with Gasteiger partial charge in [-0.15, -0.1) is 0 Å². The Morgan fingerprint density at radius 2 is 1.77 bits per heavy atom. The predicted molar refractivity (Wildman–Crippen MR) is 87.5 cm³/mol. The highest BCUT2D eigenvalue weighted by molar-refractivity contribution is 6.34. The third-order valence-electron chi connectivity index (χ3n) is 2.79. The van der Waals surface area contributed by atoms with Crippen LogP contribution in [0.4, 0.5) is 5.69 Å². The van der Waals surface area contributed by atoms with Gasteiger partial charge in [-0.25, -0.2) is 4.79 Å². The Morgan fingerprint density at radius 3 is 2.45 bits per heavy atom. The molecular formula is C16H11Cl2NO3. The van der Waals surface area contributed by atoms with Crippen LogP contribution >= 0.6 is 23.2 Å². The Morgan fingerprint density at radius 1 is 1.05 bits per heavy atom. The molecular weight excluding hydrogens is 325 g/mol. The molecule has 2 N–H and O–H groups in total. The highest BCUT2D eigenvalue weighted by Gasteiger charge is 2.08. The maximum atomic E-state index is 11.9. The summed E-state index contributed by atoms with van der Waals surface area (Å²) in [6, 6.07) is 11.1. The molecule has 4 nitrogen and oxygen atoms in total. The Bertz CT molecular complexity index is 757. The van der Waals surface area contributed by atoms with Crippen LogP contribution in [0.5, 0.6) is 0 Å². The quantitative estimate of drug-likeness (QED) is 0.816. The summed E-state index contributed by atoms with van der Waals surface area (Å²) in [5.41, 5.74) is 0.967. The van der Waals surface area contributed by atoms with Crippen molar-refractivity contribution in [2.24, 2.45) is 0 Å². The van der Waals surface area contributed by atoms with Crippen LogP contribution in [-0.4, -0.2) is 17.0 Å². The lowest BCUT2D eigenvalue weighted by Crippen LogP contribution is -2.09. The standard InChI is InChI=1S/C16H11Cl2NO3/c17-12-4-2-1-3-10(12)6-8-15(20)19-14-9-11(16(21)22)5-7-13(14)18/h1-9H,(H,19,20)(H,21,22)/b8-6+. The third-order valence-corrected chi connectivity index (χ3v) is 3.46. The molecule has 0 radical (unpaired) electrons. The van der Waals surface area contributed by atoms with Crippen LogP contribution in [0, 0.1) is 0 Å². The van der Waals surface area contributed by atoms with Crippen molar-refractivity contribution in [3.05, 3.63) is 69.7 Å². The molecule has 0 bridgehead atoms. The molecule has 2 aromatic carbocycles. The first-order valence-corrected chi connectivity index (χ1v) is 6.99. The Hall–Kier alpha value is -2.30. The van der Waals surface area contributed by atoms with Crippen molar-refractivity contribution in [3.63, 3.8) is 0 Å². The number of amides is 1. The van der Waals surface area contributed by atoms with E-state index in [1.807, 2.05) is 0 Å². The summed E-state index contributed by atoms with van der Waals surface area (Å²) in [5.74, 6) is -1.54. The Kier molecular flexibility index (Phi) is 5.20. The minimum Gasteiger partial charge on any atom is -0.478 e. The second-order valence-electron chi connectivity index (χ2n) is 4.34. The largest absolute Gasteiger partial charge is 0.478 e. The van der Waals surface area contributed by atoms with Gasteiger partial charge in [0.1, 0.15) is 0 Å². The van der Waals surface area contributed by atoms with E-state index >= 15 is 0 Å². The van der Waals surface area contributed by atoms with Gasteiger partial charge in [0.15, 0.2) is 0 Å². The van der Waals surface area contributed by atoms with Crippen molar-refractivity contribution < 1.29 is 14.7 Å². The molecule has 0 atom stereocenters. The lowest BCUT2D eigenvalue weighted by atomic mass is 10.2. The van der Waals surface area contributed by atoms with Crippen LogP contribution in [0.3, 0.4) is 0 Å². The van der Waals surface area contributed by atoms with Gasteiger partial charge in [-0.3, -0.25) is 4.79 Å². The van der Waals surface area contributed by atoms with Gasteiger partial charge in [0.05, 0.1) is 16.3 Å². The minimum atomic E-state index is -1.10. The molecule has 0 fully saturated rings. The van der Waals surface area contributed by atoms with Crippen LogP contribution in [-0.2, 0) is 4.79 Å². The topological polar surface area (TPSA) is 66.4 Å². The summed E-state index contributed by atoms with van der Waals surface area (Å²) in [6.07, 6.45) is 2.86. The van der Waals surface area contributed by atoms with Gasteiger partial charge in [-0.1, -0.05) is 41.4 Å². The summed E-state index contributed by atoms with van der Waals surface area (Å²) in [5, 5.41) is 12.2. The number of halogens is 2. The fourth-order valence-corrected chi connectivity index (χ4v) is 2.07. The number of carboxylic acids is 1. The van der Waals surface area contributed by atoms with Crippen LogP contribution in [0.1, 0.15) is 15.9 Å². The predicted octanol–water partition coefficient (Wildman–Crippen LogP) is 4.34. The van der Waals surface area contributed by atoms with Gasteiger partial charge in [0, 0.05) is 11.1 Å². The molecule has 0 unspecified atom stereocenters. The summed E-state index contributed by atoms with van der Waals surface area (Å²) >= 11 is 11.9. The van der Waals surface area contributed by atoms with Crippen molar-refractivity contribution in [2.75, 3.05) is 5.32 Å². The SMILES string of the molecule is O=C(/C=C/c1ccccc1Cl)Nc1cc(C(=O)O)ccc1Cl. The maximum Gasteiger partial charge on any atom is 0.335 e. The van der Waals surface area contributed by atoms with Crippen LogP contribution in [0.2, 0.25) is 10.0 Å². The van der Waals surface area contributed by atoms with Gasteiger partial charge in [-0.05, 0) is 35.9 Å². The number of carbonyl (C=O) groups is 2. The van der Waals surface area contributed by atoms with E-state index in [2.05, 4.69) is 5.32 Å². The van der Waals surface area contributed by atoms with Crippen LogP contribution < -0.4 is 5.32 Å². The molecule has 0 spiro atoms. The summed E-state index contributed by atoms with van der Waals surface area (Å²) in [4.78, 5) is 22.8. The molecule has 0 saturated heterocycles. The smallest absolute Gasteiger partial charge is 0.335 e. The summed E-state index contributed by atoms with van der Waals surface area (Å²) < 4.78 is 0. The Labute approximate surface area is 137 Å². The number of hydrogen-bond acceptors (Lipinski definition) is 2. The highest BCUT2D eigenvalue weighted by atomic mass is 35.5. The van der Waals surface area contributed by atoms with E-state index in [0.29, 0.717) is 10.6 Å². The number of carboxylic acid groups (broad SMARTS) is 1. The number of benzene rings is 2. The zero-order valence-electron chi connectivity index (χ0n) is 11.2. The van der Waals surface area contributed by atoms with E-state index in [-0.39, 0.29) is 16.3 Å². The first-order valence-electron chi connectivity index (χ1n) is 6.24. The number of rotatable bonds is 4. The molecule has 22 heavy (non-hydrogen) atoms. The monoisotopic (exact) mass is 335 g/mol. The number of hydrogen-bond donors (Lipinski definition) is 2. The van der Waals surface area contributed by atoms with Gasteiger partial charge < -0.3 is 10.4 Å². The third kappa shape index (κ3) is 4.10. The van der Waals surface area contributed by atoms with Gasteiger partial charge in [0.2, 0.25) is 5.91 Å². The second kappa shape index (κ2) is 7.11. The van der Waals surface area contributed by atoms with Gasteiger partial charge in [0.25, 0.3) is 0 Å². The molecule has 112 valence electrons. The van der Waals surface area contributed by atoms with E-state index in [1.54, 1.807) is 30.3 Å². The van der Waals surface area contributed by atoms with Crippen LogP contribution in [0.25, 0.3) is 6.08 Å². The summed E-state index contributed by atoms with van der Waals surface area (Å²) in [6.45, 7) is 0. The molecule has 2 rings (SSSR count). The first-order chi connectivity index (χ1) is 10.5. The van der Waals surface area contributed by atoms with Crippen molar-refractivity contribution in [1.82, 2.24) is 0 Å². The molecule has 0 heterocycles. The van der Waals surface area contributed by atoms with E-state index in [1.165, 1.54) is 24.3 Å². The molecule has 0 aromatic heterocycles. The molecule has 0 aliphatic heterocycles. The molecule has 0 aliphatic carbocycles. The van der Waals surface area contributed by atoms with E-state index < -0.39 is 11.9 Å². The van der Waals surface area contributed by atoms with E-state index in [0.717, 1.165) is 0 Å². The van der Waals surface area contributed by atoms with Crippen molar-refractivity contribution >= 4 is 46.8 Å². The molecule has 0 aliphatic rings. The Balaban J connectivity index is 2.14. The minimum absolute atomic E-state index is 0.0368. The van der Waals surface area contributed by atoms with Crippen molar-refractivity contribution in [2.45, 2.75) is 0 Å². The average molecular weight is 336 g/mol. The lowest BCUT2D eigenvalue weighted by Gasteiger charge is -2.06. The molecule has 0 saturated carbocycles. The lowest BCUT2D eigenvalue weighted by molar-refractivity contribution is -0.111. The maximum absolute atomic E-state index is 11.9. The normalized spacial score (nSPS) is 10.6. The highest BCUT2D eigenvalue weighted by Crippen LogP contribution is 2.23. The van der Waals surface area contributed by atoms with Gasteiger partial charge >= 0.3 is 5.97 Å². The molecule has 1 amide bonds. The average Bonchev–Trinajstić information content (AvgIpc) is 2.48. The number of nitrogens with one attached hydrogen (secondary N) is 1. The van der Waals surface area contributed by atoms with Crippen molar-refractivity contribution in [3.8, 4) is 0 Å². The molecule has 6 heteroatoms. The van der Waals surface area contributed by atoms with Crippen molar-refractivity contribution in [1.29, 1.82) is 0 Å². The number of carbonyl (C=O) groups excluding carboxylic acids is 1. The van der Waals surface area contributed by atoms with E-state index in [9.17, 15) is 9.59 Å². The zero-order chi connectivity index (χ0) is 16.1. The van der Waals surface area contributed by atoms with E-state index in [4.69, 9.17) is 28.3 Å². The number of anilines is 1. The zero-order valence-corrected chi connectivity index (χ0v) is 12.7.